The molecule has 0 aliphatic carbocycles. The van der Waals surface area contributed by atoms with Gasteiger partial charge >= 0.3 is 5.97 Å². The van der Waals surface area contributed by atoms with Gasteiger partial charge in [-0.05, 0) is 46.9 Å². The molecule has 6 rings (SSSR count). The molecule has 1 saturated heterocycles. The molecule has 0 saturated carbocycles. The third-order valence-electron chi connectivity index (χ3n) is 8.67. The van der Waals surface area contributed by atoms with Crippen molar-refractivity contribution in [2.75, 3.05) is 26.0 Å². The standard InChI is InChI=1S/C39H38N2O5S2/c1-45-38(42)36-25-35(22-23-37(36)40)48(43,44)41-26-34(24-33(41)28-46-27-29-14-6-2-7-15-29)47-39(30-16-8-3-9-17-30,31-18-10-4-11-19-31)32-20-12-5-13-21-32/h2-23,25,33-34H,24,26-28,40H2,1H3/t33-,34+/m0/s1. The molecule has 48 heavy (non-hydrogen) atoms. The highest BCUT2D eigenvalue weighted by Gasteiger charge is 2.46. The predicted octanol–water partition coefficient (Wildman–Crippen LogP) is 7.13. The van der Waals surface area contributed by atoms with Gasteiger partial charge in [-0.1, -0.05) is 121 Å². The quantitative estimate of drug-likeness (QED) is 0.0852. The Morgan fingerprint density at radius 2 is 1.33 bits per heavy atom. The van der Waals surface area contributed by atoms with Crippen LogP contribution in [0.15, 0.2) is 144 Å². The molecule has 0 unspecified atom stereocenters. The Balaban J connectivity index is 1.40. The van der Waals surface area contributed by atoms with E-state index in [1.807, 2.05) is 84.9 Å². The molecule has 0 bridgehead atoms. The normalized spacial score (nSPS) is 16.9. The number of hydrogen-bond donors (Lipinski definition) is 1. The number of esters is 1. The van der Waals surface area contributed by atoms with Crippen molar-refractivity contribution in [3.05, 3.63) is 167 Å². The Labute approximate surface area is 286 Å². The topological polar surface area (TPSA) is 98.9 Å². The van der Waals surface area contributed by atoms with Gasteiger partial charge in [-0.2, -0.15) is 4.31 Å². The molecule has 1 heterocycles. The highest BCUT2D eigenvalue weighted by Crippen LogP contribution is 2.52. The Bertz CT molecular complexity index is 1830. The summed E-state index contributed by atoms with van der Waals surface area (Å²) in [5.41, 5.74) is 10.5. The van der Waals surface area contributed by atoms with Gasteiger partial charge in [0.05, 0.1) is 35.5 Å². The number of methoxy groups -OCH3 is 1. The lowest BCUT2D eigenvalue weighted by Gasteiger charge is -2.37. The van der Waals surface area contributed by atoms with Crippen LogP contribution in [0.5, 0.6) is 0 Å². The number of nitrogen functional groups attached to an aromatic ring is 1. The fraction of sp³-hybridized carbons (Fsp3) is 0.205. The van der Waals surface area contributed by atoms with Crippen LogP contribution in [0.25, 0.3) is 0 Å². The van der Waals surface area contributed by atoms with E-state index < -0.39 is 26.8 Å². The molecular weight excluding hydrogens is 641 g/mol. The van der Waals surface area contributed by atoms with Crippen molar-refractivity contribution in [2.24, 2.45) is 0 Å². The molecule has 0 aromatic heterocycles. The summed E-state index contributed by atoms with van der Waals surface area (Å²) in [7, 11) is -2.83. The highest BCUT2D eigenvalue weighted by atomic mass is 32.2. The summed E-state index contributed by atoms with van der Waals surface area (Å²) in [6, 6.07) is 44.7. The van der Waals surface area contributed by atoms with Gasteiger partial charge in [0.2, 0.25) is 10.0 Å². The number of carbonyl (C=O) groups excluding carboxylic acids is 1. The van der Waals surface area contributed by atoms with Crippen LogP contribution >= 0.6 is 11.8 Å². The molecule has 1 aliphatic rings. The molecule has 1 aliphatic heterocycles. The van der Waals surface area contributed by atoms with Crippen molar-refractivity contribution in [3.8, 4) is 0 Å². The lowest BCUT2D eigenvalue weighted by atomic mass is 9.84. The summed E-state index contributed by atoms with van der Waals surface area (Å²) in [5.74, 6) is -0.694. The lowest BCUT2D eigenvalue weighted by Crippen LogP contribution is -2.38. The van der Waals surface area contributed by atoms with Gasteiger partial charge in [0, 0.05) is 23.5 Å². The zero-order valence-electron chi connectivity index (χ0n) is 26.6. The molecular formula is C39H38N2O5S2. The van der Waals surface area contributed by atoms with Crippen LogP contribution in [0.3, 0.4) is 0 Å². The molecule has 2 atom stereocenters. The smallest absolute Gasteiger partial charge is 0.339 e. The molecule has 1 fully saturated rings. The van der Waals surface area contributed by atoms with Gasteiger partial charge in [0.15, 0.2) is 0 Å². The zero-order valence-corrected chi connectivity index (χ0v) is 28.3. The summed E-state index contributed by atoms with van der Waals surface area (Å²) >= 11 is 1.77. The van der Waals surface area contributed by atoms with Crippen molar-refractivity contribution in [1.29, 1.82) is 0 Å². The molecule has 0 spiro atoms. The molecule has 7 nitrogen and oxygen atoms in total. The average molecular weight is 679 g/mol. The number of thioether (sulfide) groups is 1. The Hall–Kier alpha value is -4.41. The first-order valence-corrected chi connectivity index (χ1v) is 18.1. The van der Waals surface area contributed by atoms with E-state index in [0.717, 1.165) is 22.3 Å². The molecule has 246 valence electrons. The predicted molar refractivity (Wildman–Crippen MR) is 191 cm³/mol. The zero-order chi connectivity index (χ0) is 33.6. The molecule has 0 radical (unpaired) electrons. The summed E-state index contributed by atoms with van der Waals surface area (Å²) in [5, 5.41) is -0.112. The Kier molecular flexibility index (Phi) is 10.3. The van der Waals surface area contributed by atoms with Gasteiger partial charge in [-0.25, -0.2) is 13.2 Å². The number of anilines is 1. The van der Waals surface area contributed by atoms with Crippen LogP contribution in [0.1, 0.15) is 39.0 Å². The van der Waals surface area contributed by atoms with Crippen molar-refractivity contribution in [2.45, 2.75) is 34.0 Å². The molecule has 5 aromatic carbocycles. The van der Waals surface area contributed by atoms with Gasteiger partial charge in [0.1, 0.15) is 0 Å². The van der Waals surface area contributed by atoms with Gasteiger partial charge in [0.25, 0.3) is 0 Å². The number of ether oxygens (including phenoxy) is 2. The second kappa shape index (κ2) is 14.8. The number of benzene rings is 5. The van der Waals surface area contributed by atoms with E-state index in [2.05, 4.69) is 36.4 Å². The third-order valence-corrected chi connectivity index (χ3v) is 12.3. The fourth-order valence-corrected chi connectivity index (χ4v) is 10.0. The van der Waals surface area contributed by atoms with Crippen molar-refractivity contribution < 1.29 is 22.7 Å². The molecule has 0 amide bonds. The van der Waals surface area contributed by atoms with Crippen LogP contribution in [0.2, 0.25) is 0 Å². The van der Waals surface area contributed by atoms with E-state index >= 15 is 0 Å². The summed E-state index contributed by atoms with van der Waals surface area (Å²) in [4.78, 5) is 12.4. The maximum Gasteiger partial charge on any atom is 0.339 e. The van der Waals surface area contributed by atoms with E-state index in [4.69, 9.17) is 15.2 Å². The van der Waals surface area contributed by atoms with Crippen LogP contribution in [0, 0.1) is 0 Å². The first-order valence-electron chi connectivity index (χ1n) is 15.8. The van der Waals surface area contributed by atoms with E-state index in [-0.39, 0.29) is 34.5 Å². The minimum Gasteiger partial charge on any atom is -0.465 e. The average Bonchev–Trinajstić information content (AvgIpc) is 3.55. The highest BCUT2D eigenvalue weighted by molar-refractivity contribution is 8.01. The molecule has 5 aromatic rings. The van der Waals surface area contributed by atoms with E-state index in [1.165, 1.54) is 29.6 Å². The Morgan fingerprint density at radius 3 is 1.85 bits per heavy atom. The minimum atomic E-state index is -4.07. The number of sulfonamides is 1. The molecule has 9 heteroatoms. The second-order valence-corrected chi connectivity index (χ2v) is 15.1. The van der Waals surface area contributed by atoms with E-state index in [9.17, 15) is 13.2 Å². The largest absolute Gasteiger partial charge is 0.465 e. The van der Waals surface area contributed by atoms with Gasteiger partial charge < -0.3 is 15.2 Å². The maximum atomic E-state index is 14.4. The van der Waals surface area contributed by atoms with Crippen LogP contribution in [0.4, 0.5) is 5.69 Å². The van der Waals surface area contributed by atoms with Crippen molar-refractivity contribution >= 4 is 33.4 Å². The van der Waals surface area contributed by atoms with E-state index in [0.29, 0.717) is 13.0 Å². The number of rotatable bonds is 12. The minimum absolute atomic E-state index is 0.0109. The van der Waals surface area contributed by atoms with Crippen LogP contribution in [-0.2, 0) is 30.9 Å². The number of nitrogens with two attached hydrogens (primary N) is 1. The Morgan fingerprint density at radius 1 is 0.812 bits per heavy atom. The number of hydrogen-bond acceptors (Lipinski definition) is 7. The first-order chi connectivity index (χ1) is 23.3. The van der Waals surface area contributed by atoms with Crippen LogP contribution in [-0.4, -0.2) is 50.2 Å². The first kappa shape index (κ1) is 33.5. The lowest BCUT2D eigenvalue weighted by molar-refractivity contribution is 0.0601. The van der Waals surface area contributed by atoms with Crippen molar-refractivity contribution in [3.63, 3.8) is 0 Å². The van der Waals surface area contributed by atoms with Crippen LogP contribution < -0.4 is 5.73 Å². The van der Waals surface area contributed by atoms with E-state index in [1.54, 1.807) is 11.8 Å². The fourth-order valence-electron chi connectivity index (χ4n) is 6.35. The van der Waals surface area contributed by atoms with Gasteiger partial charge in [-0.15, -0.1) is 11.8 Å². The second-order valence-electron chi connectivity index (χ2n) is 11.7. The SMILES string of the molecule is COC(=O)c1cc(S(=O)(=O)N2C[C@H](SC(c3ccccc3)(c3ccccc3)c3ccccc3)C[C@H]2COCc2ccccc2)ccc1N. The number of carbonyl (C=O) groups is 1. The van der Waals surface area contributed by atoms with Gasteiger partial charge in [-0.3, -0.25) is 0 Å². The number of nitrogens with zero attached hydrogens (tertiary/aromatic N) is 1. The summed E-state index contributed by atoms with van der Waals surface area (Å²) in [6.45, 7) is 0.816. The van der Waals surface area contributed by atoms with Crippen molar-refractivity contribution in [1.82, 2.24) is 4.31 Å². The monoisotopic (exact) mass is 678 g/mol. The summed E-state index contributed by atoms with van der Waals surface area (Å²) in [6.07, 6.45) is 0.561. The molecule has 2 N–H and O–H groups in total. The third kappa shape index (κ3) is 6.91. The maximum absolute atomic E-state index is 14.4. The summed E-state index contributed by atoms with van der Waals surface area (Å²) < 4.78 is 40.9.